The fourth-order valence-corrected chi connectivity index (χ4v) is 2.12. The van der Waals surface area contributed by atoms with E-state index in [1.54, 1.807) is 12.3 Å². The number of hydrogen-bond acceptors (Lipinski definition) is 5. The molecule has 0 fully saturated rings. The molecule has 1 heterocycles. The van der Waals surface area contributed by atoms with Crippen LogP contribution in [0.2, 0.25) is 0 Å². The Morgan fingerprint density at radius 3 is 2.25 bits per heavy atom. The Morgan fingerprint density at radius 2 is 1.83 bits per heavy atom. The molecule has 1 amide bonds. The van der Waals surface area contributed by atoms with E-state index in [4.69, 9.17) is 5.73 Å². The Hall–Kier alpha value is -1.89. The molecule has 2 rings (SSSR count). The van der Waals surface area contributed by atoms with Gasteiger partial charge in [0.2, 0.25) is 5.91 Å². The van der Waals surface area contributed by atoms with E-state index in [9.17, 15) is 4.79 Å². The van der Waals surface area contributed by atoms with Gasteiger partial charge in [-0.1, -0.05) is 35.9 Å². The molecule has 0 saturated heterocycles. The van der Waals surface area contributed by atoms with Crippen molar-refractivity contribution in [3.8, 4) is 0 Å². The minimum absolute atomic E-state index is 0.0379. The first-order valence-electron chi connectivity index (χ1n) is 7.72. The van der Waals surface area contributed by atoms with Crippen LogP contribution in [0, 0.1) is 6.92 Å². The molecule has 0 aliphatic heterocycles. The van der Waals surface area contributed by atoms with Gasteiger partial charge in [0, 0.05) is 16.6 Å². The number of nitrogens with zero attached hydrogens (tertiary/aromatic N) is 1. The summed E-state index contributed by atoms with van der Waals surface area (Å²) in [7, 11) is 0. The lowest BCUT2D eigenvalue weighted by Gasteiger charge is -2.19. The third-order valence-electron chi connectivity index (χ3n) is 2.60. The fraction of sp³-hybridized carbons (Fsp3) is 0.333. The van der Waals surface area contributed by atoms with Gasteiger partial charge >= 0.3 is 0 Å². The number of aryl methyl sites for hydroxylation is 1. The average molecular weight is 347 g/mol. The fourth-order valence-electron chi connectivity index (χ4n) is 1.45. The van der Waals surface area contributed by atoms with E-state index in [0.717, 1.165) is 4.90 Å². The number of anilines is 1. The van der Waals surface area contributed by atoms with Crippen LogP contribution in [0.15, 0.2) is 53.6 Å². The second-order valence-electron chi connectivity index (χ2n) is 6.24. The molecular weight excluding hydrogens is 320 g/mol. The molecule has 0 aliphatic carbocycles. The van der Waals surface area contributed by atoms with Gasteiger partial charge in [-0.25, -0.2) is 4.98 Å². The van der Waals surface area contributed by atoms with Crippen molar-refractivity contribution >= 4 is 23.7 Å². The molecule has 0 aliphatic rings. The van der Waals surface area contributed by atoms with E-state index in [2.05, 4.69) is 54.9 Å². The maximum absolute atomic E-state index is 11.0. The van der Waals surface area contributed by atoms with Crippen LogP contribution in [0.25, 0.3) is 0 Å². The number of carbonyl (C=O) groups excluding carboxylic acids is 1. The van der Waals surface area contributed by atoms with Crippen molar-refractivity contribution in [3.05, 3.63) is 54.2 Å². The highest BCUT2D eigenvalue weighted by Crippen LogP contribution is 2.18. The maximum atomic E-state index is 11.0. The molecule has 24 heavy (non-hydrogen) atoms. The van der Waals surface area contributed by atoms with Gasteiger partial charge < -0.3 is 11.1 Å². The number of benzene rings is 1. The third-order valence-corrected chi connectivity index (χ3v) is 3.80. The zero-order valence-electron chi connectivity index (χ0n) is 14.7. The summed E-state index contributed by atoms with van der Waals surface area (Å²) in [6, 6.07) is 13.9. The summed E-state index contributed by atoms with van der Waals surface area (Å²) in [5.74, 6) is 0.270. The van der Waals surface area contributed by atoms with Gasteiger partial charge in [-0.15, -0.1) is 0 Å². The van der Waals surface area contributed by atoms with Gasteiger partial charge in [-0.2, -0.15) is 0 Å². The molecule has 2 aromatic rings. The van der Waals surface area contributed by atoms with Crippen LogP contribution in [0.4, 0.5) is 5.82 Å². The standard InChI is InChI=1S/C11H18N4OS.C7H8/c1-11(2,3)15-17-8-4-5-9(13-7-8)14-10(16)6-12;1-7-5-3-2-4-6-7/h4-5,7,15H,6,12H2,1-3H3,(H,13,14,16);2-6H,1H3. The number of aromatic nitrogens is 1. The lowest BCUT2D eigenvalue weighted by atomic mass is 10.1. The van der Waals surface area contributed by atoms with Gasteiger partial charge in [-0.05, 0) is 51.8 Å². The monoisotopic (exact) mass is 346 g/mol. The predicted molar refractivity (Wildman–Crippen MR) is 102 cm³/mol. The van der Waals surface area contributed by atoms with Crippen molar-refractivity contribution < 1.29 is 4.79 Å². The van der Waals surface area contributed by atoms with E-state index >= 15 is 0 Å². The molecule has 0 spiro atoms. The molecule has 0 radical (unpaired) electrons. The van der Waals surface area contributed by atoms with Crippen molar-refractivity contribution in [2.45, 2.75) is 38.1 Å². The van der Waals surface area contributed by atoms with Crippen molar-refractivity contribution in [3.63, 3.8) is 0 Å². The number of hydrogen-bond donors (Lipinski definition) is 3. The summed E-state index contributed by atoms with van der Waals surface area (Å²) < 4.78 is 3.28. The van der Waals surface area contributed by atoms with E-state index < -0.39 is 0 Å². The van der Waals surface area contributed by atoms with Gasteiger partial charge in [-0.3, -0.25) is 9.52 Å². The van der Waals surface area contributed by atoms with Crippen LogP contribution in [0.5, 0.6) is 0 Å². The molecule has 6 heteroatoms. The van der Waals surface area contributed by atoms with Crippen molar-refractivity contribution in [2.75, 3.05) is 11.9 Å². The first-order valence-corrected chi connectivity index (χ1v) is 8.53. The Kier molecular flexibility index (Phi) is 8.46. The highest BCUT2D eigenvalue weighted by atomic mass is 32.2. The molecule has 130 valence electrons. The van der Waals surface area contributed by atoms with Crippen LogP contribution < -0.4 is 15.8 Å². The highest BCUT2D eigenvalue weighted by molar-refractivity contribution is 7.97. The van der Waals surface area contributed by atoms with E-state index in [1.807, 2.05) is 24.3 Å². The second-order valence-corrected chi connectivity index (χ2v) is 7.12. The summed E-state index contributed by atoms with van der Waals surface area (Å²) in [6.07, 6.45) is 1.70. The molecule has 0 saturated carbocycles. The number of rotatable bonds is 4. The molecule has 0 bridgehead atoms. The number of nitrogens with one attached hydrogen (secondary N) is 2. The molecule has 0 atom stereocenters. The van der Waals surface area contributed by atoms with Crippen LogP contribution in [0.1, 0.15) is 26.3 Å². The van der Waals surface area contributed by atoms with Crippen LogP contribution >= 0.6 is 11.9 Å². The predicted octanol–water partition coefficient (Wildman–Crippen LogP) is 3.37. The normalized spacial score (nSPS) is 10.5. The van der Waals surface area contributed by atoms with Gasteiger partial charge in [0.05, 0.1) is 6.54 Å². The first-order chi connectivity index (χ1) is 11.3. The topological polar surface area (TPSA) is 80.0 Å². The molecule has 4 N–H and O–H groups in total. The largest absolute Gasteiger partial charge is 0.322 e. The molecule has 1 aromatic carbocycles. The molecule has 5 nitrogen and oxygen atoms in total. The number of carbonyl (C=O) groups is 1. The Morgan fingerprint density at radius 1 is 1.17 bits per heavy atom. The van der Waals surface area contributed by atoms with Gasteiger partial charge in [0.15, 0.2) is 0 Å². The number of amides is 1. The minimum atomic E-state index is -0.245. The average Bonchev–Trinajstić information content (AvgIpc) is 2.55. The van der Waals surface area contributed by atoms with Crippen LogP contribution in [0.3, 0.4) is 0 Å². The van der Waals surface area contributed by atoms with E-state index in [-0.39, 0.29) is 18.0 Å². The second kappa shape index (κ2) is 10.1. The quantitative estimate of drug-likeness (QED) is 0.740. The lowest BCUT2D eigenvalue weighted by molar-refractivity contribution is -0.114. The lowest BCUT2D eigenvalue weighted by Crippen LogP contribution is -2.29. The van der Waals surface area contributed by atoms with Crippen molar-refractivity contribution in [2.24, 2.45) is 5.73 Å². The van der Waals surface area contributed by atoms with Crippen LogP contribution in [-0.2, 0) is 4.79 Å². The Balaban J connectivity index is 0.000000341. The maximum Gasteiger partial charge on any atom is 0.239 e. The van der Waals surface area contributed by atoms with Crippen molar-refractivity contribution in [1.82, 2.24) is 9.71 Å². The van der Waals surface area contributed by atoms with E-state index in [0.29, 0.717) is 5.82 Å². The molecule has 1 aromatic heterocycles. The number of nitrogens with two attached hydrogens (primary N) is 1. The van der Waals surface area contributed by atoms with Crippen LogP contribution in [-0.4, -0.2) is 23.0 Å². The zero-order chi connectivity index (χ0) is 18.0. The van der Waals surface area contributed by atoms with E-state index in [1.165, 1.54) is 17.5 Å². The van der Waals surface area contributed by atoms with Gasteiger partial charge in [0.1, 0.15) is 5.82 Å². The molecule has 0 unspecified atom stereocenters. The van der Waals surface area contributed by atoms with Crippen molar-refractivity contribution in [1.29, 1.82) is 0 Å². The highest BCUT2D eigenvalue weighted by Gasteiger charge is 2.09. The summed E-state index contributed by atoms with van der Waals surface area (Å²) in [5, 5.41) is 2.59. The molecular formula is C18H26N4OS. The SMILES string of the molecule is CC(C)(C)NSc1ccc(NC(=O)CN)nc1.Cc1ccccc1. The Bertz CT molecular complexity index is 609. The Labute approximate surface area is 148 Å². The minimum Gasteiger partial charge on any atom is -0.322 e. The summed E-state index contributed by atoms with van der Waals surface area (Å²) in [4.78, 5) is 16.1. The first kappa shape index (κ1) is 20.2. The van der Waals surface area contributed by atoms with Gasteiger partial charge in [0.25, 0.3) is 0 Å². The zero-order valence-corrected chi connectivity index (χ0v) is 15.5. The summed E-state index contributed by atoms with van der Waals surface area (Å²) >= 11 is 1.51. The smallest absolute Gasteiger partial charge is 0.239 e. The summed E-state index contributed by atoms with van der Waals surface area (Å²) in [5.41, 5.74) is 6.55. The third kappa shape index (κ3) is 9.29. The number of pyridine rings is 1. The summed E-state index contributed by atoms with van der Waals surface area (Å²) in [6.45, 7) is 8.31.